The second-order valence-electron chi connectivity index (χ2n) is 3.79. The Morgan fingerprint density at radius 3 is 2.27 bits per heavy atom. The standard InChI is InChI=1S/C11H10N2O7S2/c14-9(11(17)18)12-8(10(15)16)5-21-22-7-3-1-6(2-4-7)13(19)20/h1-4,8H,5H2,(H,12,14)(H,15,16)(H,17,18)/t8-/m0/s1. The number of nitro groups is 1. The zero-order valence-corrected chi connectivity index (χ0v) is 12.4. The van der Waals surface area contributed by atoms with Crippen LogP contribution in [-0.2, 0) is 14.4 Å². The predicted molar refractivity (Wildman–Crippen MR) is 78.6 cm³/mol. The summed E-state index contributed by atoms with van der Waals surface area (Å²) in [6.07, 6.45) is 0. The first kappa shape index (κ1) is 17.8. The third-order valence-corrected chi connectivity index (χ3v) is 4.63. The number of hydrogen-bond acceptors (Lipinski definition) is 7. The van der Waals surface area contributed by atoms with Crippen LogP contribution in [0.5, 0.6) is 0 Å². The molecule has 118 valence electrons. The lowest BCUT2D eigenvalue weighted by Crippen LogP contribution is -2.45. The number of carbonyl (C=O) groups is 3. The normalized spacial score (nSPS) is 11.5. The van der Waals surface area contributed by atoms with Crippen molar-refractivity contribution in [3.8, 4) is 0 Å². The molecule has 0 radical (unpaired) electrons. The fourth-order valence-electron chi connectivity index (χ4n) is 1.19. The third-order valence-electron chi connectivity index (χ3n) is 2.24. The fourth-order valence-corrected chi connectivity index (χ4v) is 3.36. The quantitative estimate of drug-likeness (QED) is 0.284. The minimum atomic E-state index is -1.76. The Labute approximate surface area is 131 Å². The summed E-state index contributed by atoms with van der Waals surface area (Å²) in [5, 5.41) is 29.7. The van der Waals surface area contributed by atoms with Crippen molar-refractivity contribution in [2.24, 2.45) is 0 Å². The molecule has 1 amide bonds. The number of amides is 1. The van der Waals surface area contributed by atoms with E-state index in [1.807, 2.05) is 5.32 Å². The highest BCUT2D eigenvalue weighted by molar-refractivity contribution is 8.76. The Morgan fingerprint density at radius 2 is 1.82 bits per heavy atom. The van der Waals surface area contributed by atoms with Crippen LogP contribution in [0.3, 0.4) is 0 Å². The highest BCUT2D eigenvalue weighted by Gasteiger charge is 2.23. The van der Waals surface area contributed by atoms with Gasteiger partial charge in [0, 0.05) is 22.8 Å². The fraction of sp³-hybridized carbons (Fsp3) is 0.182. The highest BCUT2D eigenvalue weighted by Crippen LogP contribution is 2.32. The summed E-state index contributed by atoms with van der Waals surface area (Å²) in [7, 11) is 2.22. The van der Waals surface area contributed by atoms with Gasteiger partial charge in [0.25, 0.3) is 5.69 Å². The van der Waals surface area contributed by atoms with Crippen molar-refractivity contribution in [1.29, 1.82) is 0 Å². The molecule has 11 heteroatoms. The minimum Gasteiger partial charge on any atom is -0.480 e. The van der Waals surface area contributed by atoms with Crippen LogP contribution in [0.25, 0.3) is 0 Å². The van der Waals surface area contributed by atoms with Crippen molar-refractivity contribution in [2.45, 2.75) is 10.9 Å². The number of hydrogen-bond donors (Lipinski definition) is 3. The maximum Gasteiger partial charge on any atom is 0.394 e. The number of carboxylic acid groups (broad SMARTS) is 2. The van der Waals surface area contributed by atoms with Crippen molar-refractivity contribution in [3.63, 3.8) is 0 Å². The maximum absolute atomic E-state index is 10.9. The summed E-state index contributed by atoms with van der Waals surface area (Å²) in [5.41, 5.74) is -0.0634. The Balaban J connectivity index is 2.52. The predicted octanol–water partition coefficient (Wildman–Crippen LogP) is 0.989. The lowest BCUT2D eigenvalue weighted by molar-refractivity contribution is -0.384. The van der Waals surface area contributed by atoms with E-state index in [4.69, 9.17) is 10.2 Å². The Hall–Kier alpha value is -2.27. The van der Waals surface area contributed by atoms with E-state index in [2.05, 4.69) is 0 Å². The van der Waals surface area contributed by atoms with E-state index in [9.17, 15) is 24.5 Å². The van der Waals surface area contributed by atoms with E-state index < -0.39 is 28.8 Å². The topological polar surface area (TPSA) is 147 Å². The van der Waals surface area contributed by atoms with Crippen LogP contribution in [0, 0.1) is 10.1 Å². The molecule has 0 aliphatic heterocycles. The summed E-state index contributed by atoms with van der Waals surface area (Å²) in [4.78, 5) is 42.8. The first-order valence-electron chi connectivity index (χ1n) is 5.61. The third kappa shape index (κ3) is 5.61. The van der Waals surface area contributed by atoms with Crippen LogP contribution < -0.4 is 5.32 Å². The van der Waals surface area contributed by atoms with Gasteiger partial charge in [-0.25, -0.2) is 9.59 Å². The number of nitrogens with zero attached hydrogens (tertiary/aromatic N) is 1. The summed E-state index contributed by atoms with van der Waals surface area (Å²) < 4.78 is 0. The maximum atomic E-state index is 10.9. The molecule has 0 unspecified atom stereocenters. The molecule has 1 aromatic carbocycles. The molecule has 0 spiro atoms. The van der Waals surface area contributed by atoms with E-state index in [-0.39, 0.29) is 11.4 Å². The smallest absolute Gasteiger partial charge is 0.394 e. The van der Waals surface area contributed by atoms with E-state index >= 15 is 0 Å². The molecule has 0 saturated carbocycles. The number of carbonyl (C=O) groups excluding carboxylic acids is 1. The number of aliphatic carboxylic acids is 2. The second-order valence-corrected chi connectivity index (χ2v) is 6.20. The average molecular weight is 346 g/mol. The van der Waals surface area contributed by atoms with Crippen LogP contribution in [-0.4, -0.2) is 44.8 Å². The van der Waals surface area contributed by atoms with Crippen LogP contribution in [0.1, 0.15) is 0 Å². The monoisotopic (exact) mass is 346 g/mol. The molecule has 22 heavy (non-hydrogen) atoms. The van der Waals surface area contributed by atoms with Gasteiger partial charge >= 0.3 is 17.8 Å². The Kier molecular flexibility index (Phi) is 6.66. The van der Waals surface area contributed by atoms with Gasteiger partial charge in [0.2, 0.25) is 0 Å². The molecule has 3 N–H and O–H groups in total. The first-order valence-corrected chi connectivity index (χ1v) is 7.93. The van der Waals surface area contributed by atoms with Crippen LogP contribution in [0.2, 0.25) is 0 Å². The Bertz CT molecular complexity index is 591. The van der Waals surface area contributed by atoms with Crippen molar-refractivity contribution in [1.82, 2.24) is 5.32 Å². The van der Waals surface area contributed by atoms with Crippen molar-refractivity contribution < 1.29 is 29.5 Å². The van der Waals surface area contributed by atoms with Crippen LogP contribution >= 0.6 is 21.6 Å². The molecule has 0 aromatic heterocycles. The molecule has 0 saturated heterocycles. The number of rotatable bonds is 7. The number of non-ortho nitro benzene ring substituents is 1. The lowest BCUT2D eigenvalue weighted by Gasteiger charge is -2.11. The lowest BCUT2D eigenvalue weighted by atomic mass is 10.3. The van der Waals surface area contributed by atoms with Gasteiger partial charge in [-0.3, -0.25) is 14.9 Å². The molecule has 0 aliphatic carbocycles. The zero-order valence-electron chi connectivity index (χ0n) is 10.8. The molecular weight excluding hydrogens is 336 g/mol. The first-order chi connectivity index (χ1) is 10.3. The van der Waals surface area contributed by atoms with E-state index in [0.717, 1.165) is 21.6 Å². The van der Waals surface area contributed by atoms with Crippen molar-refractivity contribution in [2.75, 3.05) is 5.75 Å². The number of carboxylic acids is 2. The van der Waals surface area contributed by atoms with Crippen molar-refractivity contribution >= 4 is 45.1 Å². The highest BCUT2D eigenvalue weighted by atomic mass is 33.1. The van der Waals surface area contributed by atoms with Gasteiger partial charge in [0.05, 0.1) is 4.92 Å². The minimum absolute atomic E-state index is 0.0634. The van der Waals surface area contributed by atoms with Crippen LogP contribution in [0.4, 0.5) is 5.69 Å². The van der Waals surface area contributed by atoms with Gasteiger partial charge < -0.3 is 15.5 Å². The van der Waals surface area contributed by atoms with E-state index in [1.54, 1.807) is 0 Å². The molecule has 1 aromatic rings. The van der Waals surface area contributed by atoms with Gasteiger partial charge in [-0.15, -0.1) is 0 Å². The van der Waals surface area contributed by atoms with Gasteiger partial charge in [0.15, 0.2) is 0 Å². The van der Waals surface area contributed by atoms with Gasteiger partial charge in [-0.05, 0) is 12.1 Å². The molecule has 0 fully saturated rings. The van der Waals surface area contributed by atoms with Crippen LogP contribution in [0.15, 0.2) is 29.2 Å². The SMILES string of the molecule is O=C(O)C(=O)N[C@@H](CSSc1ccc([N+](=O)[O-])cc1)C(=O)O. The molecule has 0 heterocycles. The number of nitrogens with one attached hydrogen (secondary N) is 1. The van der Waals surface area contributed by atoms with Gasteiger partial charge in [-0.1, -0.05) is 21.6 Å². The summed E-state index contributed by atoms with van der Waals surface area (Å²) >= 11 is 0. The van der Waals surface area contributed by atoms with E-state index in [0.29, 0.717) is 4.90 Å². The molecule has 0 bridgehead atoms. The molecule has 0 aliphatic rings. The number of benzene rings is 1. The van der Waals surface area contributed by atoms with Gasteiger partial charge in [0.1, 0.15) is 6.04 Å². The van der Waals surface area contributed by atoms with Gasteiger partial charge in [-0.2, -0.15) is 0 Å². The largest absolute Gasteiger partial charge is 0.480 e. The second kappa shape index (κ2) is 8.24. The summed E-state index contributed by atoms with van der Waals surface area (Å²) in [6, 6.07) is 4.27. The molecule has 1 atom stereocenters. The average Bonchev–Trinajstić information content (AvgIpc) is 2.46. The zero-order chi connectivity index (χ0) is 16.7. The number of nitro benzene ring substituents is 1. The molecule has 9 nitrogen and oxygen atoms in total. The summed E-state index contributed by atoms with van der Waals surface area (Å²) in [5.74, 6) is -4.59. The summed E-state index contributed by atoms with van der Waals surface area (Å²) in [6.45, 7) is 0. The Morgan fingerprint density at radius 1 is 1.23 bits per heavy atom. The van der Waals surface area contributed by atoms with Crippen molar-refractivity contribution in [3.05, 3.63) is 34.4 Å². The molecular formula is C11H10N2O7S2. The van der Waals surface area contributed by atoms with E-state index in [1.165, 1.54) is 24.3 Å². The molecule has 1 rings (SSSR count).